The van der Waals surface area contributed by atoms with Crippen LogP contribution in [0.25, 0.3) is 0 Å². The molecule has 0 aromatic carbocycles. The van der Waals surface area contributed by atoms with E-state index in [0.717, 1.165) is 12.2 Å². The minimum atomic E-state index is -1.21. The molecule has 9 atom stereocenters. The van der Waals surface area contributed by atoms with Crippen LogP contribution in [0.15, 0.2) is 0 Å². The Bertz CT molecular complexity index is 1150. The molecule has 29 heteroatoms. The van der Waals surface area contributed by atoms with Crippen LogP contribution in [0.3, 0.4) is 0 Å². The maximum atomic E-state index is 10.2. The average Bonchev–Trinajstić information content (AvgIpc) is 3.12. The van der Waals surface area contributed by atoms with Gasteiger partial charge in [0.2, 0.25) is 11.8 Å². The molecule has 0 aromatic rings. The van der Waals surface area contributed by atoms with E-state index in [1.807, 2.05) is 20.1 Å². The number of hydrogen-bond donors (Lipinski definition) is 19. The number of amides is 2. The van der Waals surface area contributed by atoms with Gasteiger partial charge >= 0.3 is 41.8 Å². The normalized spacial score (nSPS) is 14.2. The molecule has 0 spiro atoms. The highest BCUT2D eigenvalue weighted by molar-refractivity contribution is 7.98. The number of nitrogens with two attached hydrogens (primary N) is 9. The predicted molar refractivity (Wildman–Crippen MR) is 205 cm³/mol. The Kier molecular flexibility index (Phi) is 48.9. The van der Waals surface area contributed by atoms with Crippen LogP contribution in [0.2, 0.25) is 0 Å². The highest BCUT2D eigenvalue weighted by Gasteiger charge is 2.18. The van der Waals surface area contributed by atoms with Crippen molar-refractivity contribution in [2.75, 3.05) is 25.2 Å². The molecule has 344 valence electrons. The SMILES string of the molecule is CC[C@H](C)[C@H](N)C(=O)O.CSCC[C@H](N)C(=O)O.C[C@@H](O)[C@H](N)C(=O)O.NC(=O)C[C@H](N)C(=O)O.NC(=O)C[C@H](N)C(=O)O.N[C@@H](CO)C(=O)O.N[C@@H](CO)C(=O)O. The molecule has 0 saturated heterocycles. The number of aliphatic hydroxyl groups excluding tert-OH is 3. The van der Waals surface area contributed by atoms with E-state index in [1.165, 1.54) is 6.92 Å². The number of aliphatic hydroxyl groups is 3. The second kappa shape index (κ2) is 41.8. The third kappa shape index (κ3) is 53.3. The summed E-state index contributed by atoms with van der Waals surface area (Å²) in [4.78, 5) is 89.2. The molecule has 0 rings (SSSR count). The highest BCUT2D eigenvalue weighted by atomic mass is 32.2. The number of carbonyl (C=O) groups excluding carboxylic acids is 2. The van der Waals surface area contributed by atoms with Crippen molar-refractivity contribution < 1.29 is 94.2 Å². The minimum absolute atomic E-state index is 0.0718. The molecule has 0 radical (unpaired) electrons. The van der Waals surface area contributed by atoms with Gasteiger partial charge in [0.15, 0.2) is 0 Å². The molecular formula is C29H63N9O19S. The summed E-state index contributed by atoms with van der Waals surface area (Å²) in [5.74, 6) is -8.31. The number of carbonyl (C=O) groups is 9. The summed E-state index contributed by atoms with van der Waals surface area (Å²) >= 11 is 1.60. The molecule has 0 fully saturated rings. The van der Waals surface area contributed by atoms with E-state index < -0.39 is 115 Å². The van der Waals surface area contributed by atoms with Gasteiger partial charge in [-0.15, -0.1) is 0 Å². The van der Waals surface area contributed by atoms with E-state index in [0.29, 0.717) is 6.42 Å². The van der Waals surface area contributed by atoms with Crippen molar-refractivity contribution in [3.8, 4) is 0 Å². The number of carboxylic acid groups (broad SMARTS) is 7. The fourth-order valence-corrected chi connectivity index (χ4v) is 2.33. The Labute approximate surface area is 337 Å². The van der Waals surface area contributed by atoms with E-state index in [2.05, 4.69) is 11.5 Å². The molecule has 0 aromatic heterocycles. The first-order valence-electron chi connectivity index (χ1n) is 16.1. The van der Waals surface area contributed by atoms with E-state index in [1.54, 1.807) is 11.8 Å². The van der Waals surface area contributed by atoms with Crippen molar-refractivity contribution in [1.82, 2.24) is 0 Å². The summed E-state index contributed by atoms with van der Waals surface area (Å²) in [6.45, 7) is 4.08. The van der Waals surface area contributed by atoms with Gasteiger partial charge in [-0.05, 0) is 31.3 Å². The zero-order valence-electron chi connectivity index (χ0n) is 32.4. The van der Waals surface area contributed by atoms with Gasteiger partial charge in [-0.1, -0.05) is 20.3 Å². The fraction of sp³-hybridized carbons (Fsp3) is 0.690. The molecule has 28 N–H and O–H groups in total. The molecule has 0 unspecified atom stereocenters. The lowest BCUT2D eigenvalue weighted by Crippen LogP contribution is -2.39. The monoisotopic (exact) mass is 873 g/mol. The average molecular weight is 874 g/mol. The Morgan fingerprint density at radius 3 is 0.862 bits per heavy atom. The molecule has 58 heavy (non-hydrogen) atoms. The smallest absolute Gasteiger partial charge is 0.323 e. The van der Waals surface area contributed by atoms with E-state index in [9.17, 15) is 43.2 Å². The first-order chi connectivity index (χ1) is 26.3. The quantitative estimate of drug-likeness (QED) is 0.0573. The van der Waals surface area contributed by atoms with Gasteiger partial charge in [-0.25, -0.2) is 0 Å². The van der Waals surface area contributed by atoms with Gasteiger partial charge in [0.25, 0.3) is 0 Å². The van der Waals surface area contributed by atoms with Crippen molar-refractivity contribution in [2.24, 2.45) is 57.5 Å². The number of aliphatic carboxylic acids is 7. The van der Waals surface area contributed by atoms with Gasteiger partial charge < -0.3 is 103 Å². The summed E-state index contributed by atoms with van der Waals surface area (Å²) in [5.41, 5.74) is 44.0. The van der Waals surface area contributed by atoms with Crippen LogP contribution < -0.4 is 51.6 Å². The van der Waals surface area contributed by atoms with Gasteiger partial charge in [0.1, 0.15) is 42.3 Å². The van der Waals surface area contributed by atoms with Gasteiger partial charge in [-0.3, -0.25) is 43.2 Å². The van der Waals surface area contributed by atoms with Crippen molar-refractivity contribution >= 4 is 65.4 Å². The third-order valence-corrected chi connectivity index (χ3v) is 6.45. The van der Waals surface area contributed by atoms with Crippen LogP contribution in [0, 0.1) is 5.92 Å². The van der Waals surface area contributed by atoms with E-state index >= 15 is 0 Å². The molecule has 0 aliphatic rings. The van der Waals surface area contributed by atoms with Crippen LogP contribution in [0.5, 0.6) is 0 Å². The Hall–Kier alpha value is -4.82. The highest BCUT2D eigenvalue weighted by Crippen LogP contribution is 2.04. The number of hydrogen-bond acceptors (Lipinski definition) is 20. The number of thioether (sulfide) groups is 1. The van der Waals surface area contributed by atoms with Crippen molar-refractivity contribution in [1.29, 1.82) is 0 Å². The first-order valence-corrected chi connectivity index (χ1v) is 17.5. The summed E-state index contributed by atoms with van der Waals surface area (Å²) in [5, 5.41) is 81.2. The maximum absolute atomic E-state index is 10.2. The summed E-state index contributed by atoms with van der Waals surface area (Å²) in [6.07, 6.45) is 1.69. The van der Waals surface area contributed by atoms with Crippen molar-refractivity contribution in [3.05, 3.63) is 0 Å². The van der Waals surface area contributed by atoms with Crippen LogP contribution >= 0.6 is 11.8 Å². The molecule has 0 aliphatic carbocycles. The van der Waals surface area contributed by atoms with Crippen LogP contribution in [0.1, 0.15) is 46.5 Å². The molecule has 0 bridgehead atoms. The zero-order chi connectivity index (χ0) is 48.0. The van der Waals surface area contributed by atoms with Crippen LogP contribution in [-0.4, -0.2) is 178 Å². The molecule has 0 heterocycles. The zero-order valence-corrected chi connectivity index (χ0v) is 33.2. The van der Waals surface area contributed by atoms with Gasteiger partial charge in [-0.2, -0.15) is 11.8 Å². The topological polar surface area (TPSA) is 590 Å². The lowest BCUT2D eigenvalue weighted by molar-refractivity contribution is -0.141. The van der Waals surface area contributed by atoms with E-state index in [-0.39, 0.29) is 18.8 Å². The van der Waals surface area contributed by atoms with Crippen molar-refractivity contribution in [3.63, 3.8) is 0 Å². The fourth-order valence-electron chi connectivity index (χ4n) is 1.84. The summed E-state index contributed by atoms with van der Waals surface area (Å²) in [6, 6.07) is -7.12. The Morgan fingerprint density at radius 2 is 0.776 bits per heavy atom. The van der Waals surface area contributed by atoms with Crippen molar-refractivity contribution in [2.45, 2.75) is 94.9 Å². The molecular weight excluding hydrogens is 810 g/mol. The lowest BCUT2D eigenvalue weighted by atomic mass is 10.0. The van der Waals surface area contributed by atoms with Crippen LogP contribution in [-0.2, 0) is 43.2 Å². The Balaban J connectivity index is -0.000000105. The lowest BCUT2D eigenvalue weighted by Gasteiger charge is -2.11. The molecule has 28 nitrogen and oxygen atoms in total. The predicted octanol–water partition coefficient (Wildman–Crippen LogP) is -7.30. The largest absolute Gasteiger partial charge is 0.480 e. The van der Waals surface area contributed by atoms with Crippen LogP contribution in [0.4, 0.5) is 0 Å². The van der Waals surface area contributed by atoms with E-state index in [4.69, 9.17) is 91.2 Å². The number of primary amides is 2. The first kappa shape index (κ1) is 67.9. The summed E-state index contributed by atoms with van der Waals surface area (Å²) in [7, 11) is 0. The maximum Gasteiger partial charge on any atom is 0.323 e. The summed E-state index contributed by atoms with van der Waals surface area (Å²) < 4.78 is 0. The van der Waals surface area contributed by atoms with Gasteiger partial charge in [0, 0.05) is 0 Å². The molecule has 0 saturated carbocycles. The number of rotatable bonds is 19. The minimum Gasteiger partial charge on any atom is -0.480 e. The molecule has 0 aliphatic heterocycles. The molecule has 2 amide bonds. The van der Waals surface area contributed by atoms with Gasteiger partial charge in [0.05, 0.1) is 32.2 Å². The second-order valence-electron chi connectivity index (χ2n) is 11.1. The standard InChI is InChI=1S/C6H13NO2.C5H11NO2S.2C4H8N2O3.C4H9NO3.2C3H7NO3/c1-3-4(2)5(7)6(8)9;1-9-3-2-4(6)5(7)8;2*5-2(4(8)9)1-3(6)7;1-2(6)3(5)4(7)8;2*4-2(1-5)3(6)7/h4-5H,3,7H2,1-2H3,(H,8,9);4H,2-3,6H2,1H3,(H,7,8);2*2H,1,5H2,(H2,6,7)(H,8,9);2-3,6H,5H2,1H3,(H,7,8);2*2,5H,1,4H2,(H,6,7)/t4-,5-;4-;2*2-;2-,3+;2*2-/m0000100/s1. The number of carboxylic acids is 7. The second-order valence-corrected chi connectivity index (χ2v) is 12.1. The Morgan fingerprint density at radius 1 is 0.500 bits per heavy atom. The third-order valence-electron chi connectivity index (χ3n) is 5.80.